The summed E-state index contributed by atoms with van der Waals surface area (Å²) in [7, 11) is 0. The quantitative estimate of drug-likeness (QED) is 0.786. The molecule has 1 amide bonds. The van der Waals surface area contributed by atoms with E-state index in [4.69, 9.17) is 0 Å². The summed E-state index contributed by atoms with van der Waals surface area (Å²) in [6.45, 7) is 2.64. The first kappa shape index (κ1) is 14.5. The zero-order valence-electron chi connectivity index (χ0n) is 12.3. The second-order valence-electron chi connectivity index (χ2n) is 5.01. The van der Waals surface area contributed by atoms with Crippen LogP contribution in [0.5, 0.6) is 0 Å². The largest absolute Gasteiger partial charge is 0.352 e. The van der Waals surface area contributed by atoms with Gasteiger partial charge in [-0.15, -0.1) is 11.3 Å². The topological polar surface area (TPSA) is 46.9 Å². The summed E-state index contributed by atoms with van der Waals surface area (Å²) in [5, 5.41) is 3.99. The predicted molar refractivity (Wildman–Crippen MR) is 88.7 cm³/mol. The van der Waals surface area contributed by atoms with Gasteiger partial charge in [0.05, 0.1) is 5.01 Å². The van der Waals surface area contributed by atoms with Gasteiger partial charge in [-0.3, -0.25) is 4.79 Å². The second-order valence-corrected chi connectivity index (χ2v) is 6.33. The van der Waals surface area contributed by atoms with Crippen molar-refractivity contribution < 1.29 is 4.79 Å². The highest BCUT2D eigenvalue weighted by molar-refractivity contribution is 7.11. The second kappa shape index (κ2) is 6.58. The molecule has 0 saturated heterocycles. The van der Waals surface area contributed by atoms with E-state index in [1.54, 1.807) is 11.3 Å². The molecule has 5 heteroatoms. The number of carbonyl (C=O) groups is 1. The van der Waals surface area contributed by atoms with Gasteiger partial charge in [-0.1, -0.05) is 0 Å². The molecule has 0 bridgehead atoms. The molecule has 4 nitrogen and oxygen atoms in total. The predicted octanol–water partition coefficient (Wildman–Crippen LogP) is 3.21. The van der Waals surface area contributed by atoms with Crippen LogP contribution in [-0.4, -0.2) is 22.0 Å². The van der Waals surface area contributed by atoms with E-state index < -0.39 is 0 Å². The van der Waals surface area contributed by atoms with Crippen molar-refractivity contribution in [2.24, 2.45) is 0 Å². The van der Waals surface area contributed by atoms with Crippen LogP contribution in [0.2, 0.25) is 0 Å². The monoisotopic (exact) mass is 311 g/mol. The molecule has 2 aromatic heterocycles. The molecular formula is C17H17N3OS. The molecule has 0 aliphatic rings. The molecule has 0 aliphatic carbocycles. The molecule has 112 valence electrons. The maximum Gasteiger partial charge on any atom is 0.251 e. The van der Waals surface area contributed by atoms with E-state index in [-0.39, 0.29) is 5.91 Å². The van der Waals surface area contributed by atoms with Crippen LogP contribution in [0.15, 0.2) is 55.0 Å². The highest BCUT2D eigenvalue weighted by atomic mass is 32.1. The van der Waals surface area contributed by atoms with Crippen molar-refractivity contribution >= 4 is 17.2 Å². The Morgan fingerprint density at radius 1 is 1.23 bits per heavy atom. The average Bonchev–Trinajstić information content (AvgIpc) is 3.19. The number of amides is 1. The lowest BCUT2D eigenvalue weighted by Gasteiger charge is -2.06. The minimum atomic E-state index is -0.0488. The molecule has 22 heavy (non-hydrogen) atoms. The van der Waals surface area contributed by atoms with Gasteiger partial charge >= 0.3 is 0 Å². The molecule has 0 spiro atoms. The summed E-state index contributed by atoms with van der Waals surface area (Å²) in [5.41, 5.74) is 1.71. The number of rotatable bonds is 5. The molecule has 0 aliphatic heterocycles. The van der Waals surface area contributed by atoms with Gasteiger partial charge in [-0.2, -0.15) is 0 Å². The molecule has 0 atom stereocenters. The van der Waals surface area contributed by atoms with E-state index in [0.29, 0.717) is 12.1 Å². The van der Waals surface area contributed by atoms with Crippen molar-refractivity contribution in [2.45, 2.75) is 13.3 Å². The Kier molecular flexibility index (Phi) is 4.34. The molecule has 2 heterocycles. The van der Waals surface area contributed by atoms with Gasteiger partial charge in [0.1, 0.15) is 0 Å². The number of nitrogens with zero attached hydrogens (tertiary/aromatic N) is 2. The maximum atomic E-state index is 12.1. The molecule has 3 rings (SSSR count). The molecule has 1 aromatic carbocycles. The minimum absolute atomic E-state index is 0.0488. The number of hydrogen-bond donors (Lipinski definition) is 1. The van der Waals surface area contributed by atoms with Gasteiger partial charge in [0.15, 0.2) is 0 Å². The lowest BCUT2D eigenvalue weighted by molar-refractivity contribution is 0.0954. The summed E-state index contributed by atoms with van der Waals surface area (Å²) in [6, 6.07) is 11.5. The first-order valence-corrected chi connectivity index (χ1v) is 7.97. The summed E-state index contributed by atoms with van der Waals surface area (Å²) in [5.74, 6) is -0.0488. The van der Waals surface area contributed by atoms with Crippen LogP contribution in [0, 0.1) is 6.92 Å². The SMILES string of the molecule is Cc1cnc(CCNC(=O)c2ccc(-n3cccc3)cc2)s1. The van der Waals surface area contributed by atoms with Crippen molar-refractivity contribution in [1.29, 1.82) is 0 Å². The number of aromatic nitrogens is 2. The minimum Gasteiger partial charge on any atom is -0.352 e. The van der Waals surface area contributed by atoms with E-state index in [2.05, 4.69) is 10.3 Å². The average molecular weight is 311 g/mol. The Morgan fingerprint density at radius 2 is 1.95 bits per heavy atom. The third-order valence-corrected chi connectivity index (χ3v) is 4.30. The third-order valence-electron chi connectivity index (χ3n) is 3.33. The fourth-order valence-electron chi connectivity index (χ4n) is 2.19. The molecule has 0 unspecified atom stereocenters. The molecular weight excluding hydrogens is 294 g/mol. The van der Waals surface area contributed by atoms with Gasteiger partial charge in [0, 0.05) is 47.7 Å². The van der Waals surface area contributed by atoms with E-state index in [9.17, 15) is 4.79 Å². The molecule has 3 aromatic rings. The lowest BCUT2D eigenvalue weighted by Crippen LogP contribution is -2.25. The fraction of sp³-hybridized carbons (Fsp3) is 0.176. The van der Waals surface area contributed by atoms with E-state index in [0.717, 1.165) is 17.1 Å². The number of carbonyl (C=O) groups excluding carboxylic acids is 1. The fourth-order valence-corrected chi connectivity index (χ4v) is 2.98. The third kappa shape index (κ3) is 3.43. The van der Waals surface area contributed by atoms with E-state index in [1.807, 2.05) is 66.5 Å². The van der Waals surface area contributed by atoms with Crippen LogP contribution in [0.3, 0.4) is 0 Å². The number of nitrogens with one attached hydrogen (secondary N) is 1. The van der Waals surface area contributed by atoms with Gasteiger partial charge in [-0.05, 0) is 43.3 Å². The van der Waals surface area contributed by atoms with Crippen LogP contribution in [-0.2, 0) is 6.42 Å². The van der Waals surface area contributed by atoms with Crippen LogP contribution < -0.4 is 5.32 Å². The van der Waals surface area contributed by atoms with Crippen LogP contribution in [0.25, 0.3) is 5.69 Å². The lowest BCUT2D eigenvalue weighted by atomic mass is 10.2. The van der Waals surface area contributed by atoms with Gasteiger partial charge < -0.3 is 9.88 Å². The van der Waals surface area contributed by atoms with Crippen molar-refractivity contribution in [1.82, 2.24) is 14.9 Å². The molecule has 0 saturated carbocycles. The van der Waals surface area contributed by atoms with Crippen LogP contribution in [0.1, 0.15) is 20.2 Å². The highest BCUT2D eigenvalue weighted by Crippen LogP contribution is 2.12. The van der Waals surface area contributed by atoms with Crippen molar-refractivity contribution in [2.75, 3.05) is 6.54 Å². The number of hydrogen-bond acceptors (Lipinski definition) is 3. The number of benzene rings is 1. The Hall–Kier alpha value is -2.40. The molecule has 0 fully saturated rings. The summed E-state index contributed by atoms with van der Waals surface area (Å²) < 4.78 is 2.01. The molecule has 1 N–H and O–H groups in total. The number of aryl methyl sites for hydroxylation is 1. The van der Waals surface area contributed by atoms with Gasteiger partial charge in [-0.25, -0.2) is 4.98 Å². The first-order chi connectivity index (χ1) is 10.7. The highest BCUT2D eigenvalue weighted by Gasteiger charge is 2.06. The standard InChI is InChI=1S/C17H17N3OS/c1-13-12-19-16(22-13)8-9-18-17(21)14-4-6-15(7-5-14)20-10-2-3-11-20/h2-7,10-12H,8-9H2,1H3,(H,18,21). The number of thiazole rings is 1. The van der Waals surface area contributed by atoms with Crippen molar-refractivity contribution in [3.8, 4) is 5.69 Å². The van der Waals surface area contributed by atoms with Crippen LogP contribution in [0.4, 0.5) is 0 Å². The summed E-state index contributed by atoms with van der Waals surface area (Å²) in [4.78, 5) is 17.6. The maximum absolute atomic E-state index is 12.1. The first-order valence-electron chi connectivity index (χ1n) is 7.15. The summed E-state index contributed by atoms with van der Waals surface area (Å²) in [6.07, 6.45) is 6.59. The Bertz CT molecular complexity index is 745. The normalized spacial score (nSPS) is 10.6. The molecule has 0 radical (unpaired) electrons. The van der Waals surface area contributed by atoms with Crippen LogP contribution >= 0.6 is 11.3 Å². The van der Waals surface area contributed by atoms with Crippen molar-refractivity contribution in [3.05, 3.63) is 70.4 Å². The Balaban J connectivity index is 1.56. The Morgan fingerprint density at radius 3 is 2.59 bits per heavy atom. The zero-order chi connectivity index (χ0) is 15.4. The van der Waals surface area contributed by atoms with Crippen molar-refractivity contribution in [3.63, 3.8) is 0 Å². The smallest absolute Gasteiger partial charge is 0.251 e. The van der Waals surface area contributed by atoms with Gasteiger partial charge in [0.2, 0.25) is 0 Å². The summed E-state index contributed by atoms with van der Waals surface area (Å²) >= 11 is 1.67. The Labute approximate surface area is 133 Å². The van der Waals surface area contributed by atoms with Gasteiger partial charge in [0.25, 0.3) is 5.91 Å². The van der Waals surface area contributed by atoms with E-state index in [1.165, 1.54) is 4.88 Å². The zero-order valence-corrected chi connectivity index (χ0v) is 13.1. The van der Waals surface area contributed by atoms with E-state index >= 15 is 0 Å².